The molecular weight excluding hydrogens is 294 g/mol. The predicted octanol–water partition coefficient (Wildman–Crippen LogP) is 2.99. The number of allylic oxidation sites excluding steroid dienone is 2. The van der Waals surface area contributed by atoms with Gasteiger partial charge in [-0.2, -0.15) is 10.9 Å². The Balaban J connectivity index is 1.62. The van der Waals surface area contributed by atoms with Crippen molar-refractivity contribution >= 4 is 22.6 Å². The first-order valence-electron chi connectivity index (χ1n) is 6.95. The molecule has 2 aromatic rings. The number of nitrogens with one attached hydrogen (secondary N) is 1. The van der Waals surface area contributed by atoms with E-state index < -0.39 is 0 Å². The minimum absolute atomic E-state index is 0.208. The fourth-order valence-corrected chi connectivity index (χ4v) is 3.69. The number of nitrogens with two attached hydrogens (primary N) is 1. The zero-order valence-corrected chi connectivity index (χ0v) is 12.8. The van der Waals surface area contributed by atoms with Crippen LogP contribution in [-0.2, 0) is 6.54 Å². The van der Waals surface area contributed by atoms with E-state index in [0.717, 1.165) is 5.56 Å². The summed E-state index contributed by atoms with van der Waals surface area (Å²) in [6.07, 6.45) is 5.73. The second-order valence-corrected chi connectivity index (χ2v) is 6.80. The molecule has 0 saturated carbocycles. The van der Waals surface area contributed by atoms with E-state index >= 15 is 0 Å². The SMILES string of the molecule is Nc1ncccc1C(=O)NCc1ccc([SH]2C=CC=C2)cc1. The minimum atomic E-state index is -0.288. The standard InChI is InChI=1S/C17H17N3OS/c18-16-15(4-3-9-19-16)17(21)20-12-13-5-7-14(8-6-13)22-10-1-2-11-22/h1-11,22H,12H2,(H2,18,19)(H,20,21). The Labute approximate surface area is 132 Å². The molecule has 3 rings (SSSR count). The van der Waals surface area contributed by atoms with Crippen LogP contribution in [0.1, 0.15) is 15.9 Å². The first kappa shape index (κ1) is 14.4. The van der Waals surface area contributed by atoms with E-state index in [4.69, 9.17) is 5.73 Å². The molecule has 0 saturated heterocycles. The summed E-state index contributed by atoms with van der Waals surface area (Å²) in [5.41, 5.74) is 7.16. The van der Waals surface area contributed by atoms with Gasteiger partial charge < -0.3 is 11.1 Å². The molecule has 1 aliphatic heterocycles. The Kier molecular flexibility index (Phi) is 4.25. The molecule has 3 N–H and O–H groups in total. The number of aromatic nitrogens is 1. The van der Waals surface area contributed by atoms with Crippen LogP contribution in [0, 0.1) is 0 Å². The second kappa shape index (κ2) is 6.49. The number of thiol groups is 1. The average molecular weight is 311 g/mol. The van der Waals surface area contributed by atoms with Gasteiger partial charge in [0.15, 0.2) is 0 Å². The van der Waals surface area contributed by atoms with Crippen molar-refractivity contribution in [1.29, 1.82) is 0 Å². The van der Waals surface area contributed by atoms with Crippen molar-refractivity contribution in [2.24, 2.45) is 0 Å². The van der Waals surface area contributed by atoms with Gasteiger partial charge in [0.05, 0.1) is 5.56 Å². The summed E-state index contributed by atoms with van der Waals surface area (Å²) < 4.78 is 0. The van der Waals surface area contributed by atoms with Crippen LogP contribution in [0.3, 0.4) is 0 Å². The van der Waals surface area contributed by atoms with Gasteiger partial charge >= 0.3 is 0 Å². The lowest BCUT2D eigenvalue weighted by Crippen LogP contribution is -2.24. The first-order valence-corrected chi connectivity index (χ1v) is 8.43. The van der Waals surface area contributed by atoms with Gasteiger partial charge in [-0.05, 0) is 45.5 Å². The van der Waals surface area contributed by atoms with Crippen LogP contribution in [0.2, 0.25) is 0 Å². The topological polar surface area (TPSA) is 68.0 Å². The van der Waals surface area contributed by atoms with Gasteiger partial charge in [-0.1, -0.05) is 24.3 Å². The monoisotopic (exact) mass is 311 g/mol. The number of rotatable bonds is 4. The van der Waals surface area contributed by atoms with Crippen molar-refractivity contribution in [2.45, 2.75) is 11.4 Å². The van der Waals surface area contributed by atoms with Crippen LogP contribution in [-0.4, -0.2) is 10.9 Å². The Morgan fingerprint density at radius 3 is 2.55 bits per heavy atom. The second-order valence-electron chi connectivity index (χ2n) is 4.88. The zero-order valence-electron chi connectivity index (χ0n) is 11.9. The average Bonchev–Trinajstić information content (AvgIpc) is 3.08. The summed E-state index contributed by atoms with van der Waals surface area (Å²) in [7, 11) is -0.288. The van der Waals surface area contributed by atoms with Gasteiger partial charge in [-0.3, -0.25) is 4.79 Å². The molecule has 5 heteroatoms. The first-order chi connectivity index (χ1) is 10.7. The fourth-order valence-electron chi connectivity index (χ4n) is 2.18. The van der Waals surface area contributed by atoms with Gasteiger partial charge in [-0.15, -0.1) is 0 Å². The quantitative estimate of drug-likeness (QED) is 0.760. The number of hydrogen-bond donors (Lipinski definition) is 3. The molecule has 4 nitrogen and oxygen atoms in total. The number of nitrogens with zero attached hydrogens (tertiary/aromatic N) is 1. The molecule has 0 fully saturated rings. The van der Waals surface area contributed by atoms with Crippen LogP contribution in [0.4, 0.5) is 5.82 Å². The molecule has 0 aliphatic carbocycles. The molecule has 0 atom stereocenters. The summed E-state index contributed by atoms with van der Waals surface area (Å²) in [6.45, 7) is 0.469. The van der Waals surface area contributed by atoms with Crippen LogP contribution >= 0.6 is 10.9 Å². The largest absolute Gasteiger partial charge is 0.383 e. The zero-order chi connectivity index (χ0) is 15.4. The normalized spacial score (nSPS) is 14.3. The molecule has 1 aromatic carbocycles. The third kappa shape index (κ3) is 3.20. The van der Waals surface area contributed by atoms with Gasteiger partial charge in [0.25, 0.3) is 5.91 Å². The number of amides is 1. The number of anilines is 1. The maximum atomic E-state index is 12.1. The van der Waals surface area contributed by atoms with Crippen molar-refractivity contribution in [1.82, 2.24) is 10.3 Å². The number of pyridine rings is 1. The number of benzene rings is 1. The highest BCUT2D eigenvalue weighted by Gasteiger charge is 2.09. The molecule has 0 radical (unpaired) electrons. The summed E-state index contributed by atoms with van der Waals surface area (Å²) in [4.78, 5) is 17.3. The minimum Gasteiger partial charge on any atom is -0.383 e. The smallest absolute Gasteiger partial charge is 0.255 e. The Bertz CT molecular complexity index is 726. The van der Waals surface area contributed by atoms with Crippen LogP contribution in [0.25, 0.3) is 0 Å². The molecule has 22 heavy (non-hydrogen) atoms. The van der Waals surface area contributed by atoms with E-state index in [-0.39, 0.29) is 22.6 Å². The van der Waals surface area contributed by atoms with Crippen molar-refractivity contribution in [2.75, 3.05) is 5.73 Å². The lowest BCUT2D eigenvalue weighted by molar-refractivity contribution is 0.0951. The molecule has 0 unspecified atom stereocenters. The van der Waals surface area contributed by atoms with E-state index in [0.29, 0.717) is 12.1 Å². The Morgan fingerprint density at radius 2 is 1.86 bits per heavy atom. The van der Waals surface area contributed by atoms with Crippen LogP contribution in [0.5, 0.6) is 0 Å². The van der Waals surface area contributed by atoms with Gasteiger partial charge in [0, 0.05) is 12.7 Å². The van der Waals surface area contributed by atoms with Gasteiger partial charge in [-0.25, -0.2) is 4.98 Å². The third-order valence-corrected chi connectivity index (χ3v) is 5.26. The molecule has 1 aliphatic rings. The molecule has 112 valence electrons. The van der Waals surface area contributed by atoms with E-state index in [1.165, 1.54) is 4.90 Å². The van der Waals surface area contributed by atoms with Crippen molar-refractivity contribution in [3.05, 3.63) is 76.7 Å². The van der Waals surface area contributed by atoms with Crippen LogP contribution < -0.4 is 11.1 Å². The number of nitrogen functional groups attached to an aromatic ring is 1. The lowest BCUT2D eigenvalue weighted by Gasteiger charge is -2.11. The highest BCUT2D eigenvalue weighted by molar-refractivity contribution is 8.22. The molecular formula is C17H17N3OS. The Hall–Kier alpha value is -2.53. The number of hydrogen-bond acceptors (Lipinski definition) is 3. The van der Waals surface area contributed by atoms with Crippen LogP contribution in [0.15, 0.2) is 70.5 Å². The lowest BCUT2D eigenvalue weighted by atomic mass is 10.2. The third-order valence-electron chi connectivity index (χ3n) is 3.38. The number of carbonyl (C=O) groups is 1. The molecule has 0 spiro atoms. The maximum absolute atomic E-state index is 12.1. The highest BCUT2D eigenvalue weighted by atomic mass is 32.2. The fraction of sp³-hybridized carbons (Fsp3) is 0.0588. The molecule has 1 aromatic heterocycles. The summed E-state index contributed by atoms with van der Waals surface area (Å²) in [6, 6.07) is 11.7. The summed E-state index contributed by atoms with van der Waals surface area (Å²) in [5.74, 6) is 0.0404. The van der Waals surface area contributed by atoms with E-state index in [1.807, 2.05) is 12.1 Å². The van der Waals surface area contributed by atoms with E-state index in [9.17, 15) is 4.79 Å². The van der Waals surface area contributed by atoms with Crippen molar-refractivity contribution < 1.29 is 4.79 Å². The van der Waals surface area contributed by atoms with E-state index in [1.54, 1.807) is 18.3 Å². The van der Waals surface area contributed by atoms with Crippen molar-refractivity contribution in [3.63, 3.8) is 0 Å². The highest BCUT2D eigenvalue weighted by Crippen LogP contribution is 2.41. The van der Waals surface area contributed by atoms with Gasteiger partial charge in [0.2, 0.25) is 0 Å². The molecule has 1 amide bonds. The summed E-state index contributed by atoms with van der Waals surface area (Å²) in [5, 5.41) is 7.30. The molecule has 0 bridgehead atoms. The molecule has 2 heterocycles. The predicted molar refractivity (Wildman–Crippen MR) is 91.8 cm³/mol. The van der Waals surface area contributed by atoms with E-state index in [2.05, 4.69) is 45.4 Å². The van der Waals surface area contributed by atoms with Gasteiger partial charge in [0.1, 0.15) is 5.82 Å². The van der Waals surface area contributed by atoms with Crippen molar-refractivity contribution in [3.8, 4) is 0 Å². The number of carbonyl (C=O) groups excluding carboxylic acids is 1. The summed E-state index contributed by atoms with van der Waals surface area (Å²) >= 11 is 0. The Morgan fingerprint density at radius 1 is 1.14 bits per heavy atom. The maximum Gasteiger partial charge on any atom is 0.255 e.